The number of anilines is 1. The molecule has 0 amide bonds. The molecule has 3 nitrogen and oxygen atoms in total. The molecule has 1 N–H and O–H groups in total. The Morgan fingerprint density at radius 1 is 1.00 bits per heavy atom. The highest BCUT2D eigenvalue weighted by Crippen LogP contribution is 2.28. The van der Waals surface area contributed by atoms with Crippen molar-refractivity contribution in [3.8, 4) is 0 Å². The summed E-state index contributed by atoms with van der Waals surface area (Å²) in [5.41, 5.74) is 0.267. The molecule has 106 valence electrons. The van der Waals surface area contributed by atoms with Gasteiger partial charge < -0.3 is 0 Å². The molecule has 0 heterocycles. The van der Waals surface area contributed by atoms with Crippen LogP contribution in [-0.2, 0) is 10.0 Å². The van der Waals surface area contributed by atoms with E-state index in [1.807, 2.05) is 0 Å². The average molecular weight is 427 g/mol. The fourth-order valence-electron chi connectivity index (χ4n) is 1.51. The molecule has 0 saturated heterocycles. The Kier molecular flexibility index (Phi) is 4.46. The molecule has 0 aliphatic rings. The van der Waals surface area contributed by atoms with Gasteiger partial charge in [-0.25, -0.2) is 17.2 Å². The van der Waals surface area contributed by atoms with Crippen molar-refractivity contribution in [2.45, 2.75) is 4.90 Å². The van der Waals surface area contributed by atoms with Crippen LogP contribution in [0.15, 0.2) is 50.2 Å². The van der Waals surface area contributed by atoms with E-state index < -0.39 is 26.6 Å². The minimum Gasteiger partial charge on any atom is -0.280 e. The monoisotopic (exact) mass is 425 g/mol. The van der Waals surface area contributed by atoms with Gasteiger partial charge in [0.05, 0.1) is 0 Å². The van der Waals surface area contributed by atoms with Crippen molar-refractivity contribution in [3.63, 3.8) is 0 Å². The molecule has 0 radical (unpaired) electrons. The van der Waals surface area contributed by atoms with E-state index in [0.717, 1.165) is 10.5 Å². The molecule has 0 bridgehead atoms. The van der Waals surface area contributed by atoms with E-state index >= 15 is 0 Å². The fourth-order valence-corrected chi connectivity index (χ4v) is 4.00. The predicted octanol–water partition coefficient (Wildman–Crippen LogP) is 4.29. The van der Waals surface area contributed by atoms with Crippen molar-refractivity contribution in [1.29, 1.82) is 0 Å². The summed E-state index contributed by atoms with van der Waals surface area (Å²) >= 11 is 6.07. The predicted molar refractivity (Wildman–Crippen MR) is 79.0 cm³/mol. The van der Waals surface area contributed by atoms with Crippen LogP contribution >= 0.6 is 31.9 Å². The second-order valence-electron chi connectivity index (χ2n) is 3.81. The molecule has 0 saturated carbocycles. The first-order chi connectivity index (χ1) is 9.29. The summed E-state index contributed by atoms with van der Waals surface area (Å²) in [5.74, 6) is -2.03. The third-order valence-corrected chi connectivity index (χ3v) is 5.20. The van der Waals surface area contributed by atoms with E-state index in [9.17, 15) is 17.2 Å². The summed E-state index contributed by atoms with van der Waals surface area (Å²) in [5, 5.41) is 0. The van der Waals surface area contributed by atoms with Crippen LogP contribution in [-0.4, -0.2) is 8.42 Å². The van der Waals surface area contributed by atoms with Crippen LogP contribution in [0.5, 0.6) is 0 Å². The Bertz CT molecular complexity index is 726. The van der Waals surface area contributed by atoms with Crippen molar-refractivity contribution >= 4 is 47.6 Å². The van der Waals surface area contributed by atoms with Gasteiger partial charge in [0.2, 0.25) is 0 Å². The standard InChI is InChI=1S/C12H7Br2F2NO2S/c13-7-1-3-9(4-2-7)17-20(18,19)12-10(14)5-8(15)6-11(12)16/h1-6,17H. The zero-order chi connectivity index (χ0) is 14.9. The first-order valence-electron chi connectivity index (χ1n) is 5.22. The number of sulfonamides is 1. The van der Waals surface area contributed by atoms with Gasteiger partial charge in [0.25, 0.3) is 10.0 Å². The Hall–Kier alpha value is -0.990. The molecular weight excluding hydrogens is 420 g/mol. The maximum Gasteiger partial charge on any atom is 0.265 e. The van der Waals surface area contributed by atoms with Gasteiger partial charge >= 0.3 is 0 Å². The molecule has 0 aliphatic heterocycles. The molecular formula is C12H7Br2F2NO2S. The quantitative estimate of drug-likeness (QED) is 0.795. The SMILES string of the molecule is O=S(=O)(Nc1ccc(Br)cc1)c1c(F)cc(F)cc1Br. The maximum absolute atomic E-state index is 13.7. The minimum atomic E-state index is -4.16. The van der Waals surface area contributed by atoms with E-state index in [0.29, 0.717) is 6.07 Å². The highest BCUT2D eigenvalue weighted by molar-refractivity contribution is 9.10. The molecule has 20 heavy (non-hydrogen) atoms. The first-order valence-corrected chi connectivity index (χ1v) is 8.29. The smallest absolute Gasteiger partial charge is 0.265 e. The third-order valence-electron chi connectivity index (χ3n) is 2.33. The average Bonchev–Trinajstić information content (AvgIpc) is 2.30. The van der Waals surface area contributed by atoms with E-state index in [-0.39, 0.29) is 10.2 Å². The molecule has 2 aromatic carbocycles. The summed E-state index contributed by atoms with van der Waals surface area (Å²) in [6.07, 6.45) is 0. The van der Waals surface area contributed by atoms with Crippen LogP contribution in [0.2, 0.25) is 0 Å². The molecule has 0 unspecified atom stereocenters. The lowest BCUT2D eigenvalue weighted by Crippen LogP contribution is -2.15. The van der Waals surface area contributed by atoms with Crippen LogP contribution in [0.25, 0.3) is 0 Å². The Balaban J connectivity index is 2.43. The molecule has 0 atom stereocenters. The van der Waals surface area contributed by atoms with Crippen LogP contribution in [0, 0.1) is 11.6 Å². The van der Waals surface area contributed by atoms with Gasteiger partial charge in [0.15, 0.2) is 0 Å². The molecule has 0 spiro atoms. The molecule has 2 rings (SSSR count). The Morgan fingerprint density at radius 2 is 1.60 bits per heavy atom. The first kappa shape index (κ1) is 15.4. The lowest BCUT2D eigenvalue weighted by molar-refractivity contribution is 0.548. The zero-order valence-electron chi connectivity index (χ0n) is 9.70. The van der Waals surface area contributed by atoms with Crippen molar-refractivity contribution in [3.05, 3.63) is 57.0 Å². The molecule has 0 aliphatic carbocycles. The molecule has 2 aromatic rings. The Labute approximate surface area is 131 Å². The van der Waals surface area contributed by atoms with Crippen molar-refractivity contribution in [2.24, 2.45) is 0 Å². The number of nitrogens with one attached hydrogen (secondary N) is 1. The van der Waals surface area contributed by atoms with Crippen molar-refractivity contribution < 1.29 is 17.2 Å². The second-order valence-corrected chi connectivity index (χ2v) is 7.20. The summed E-state index contributed by atoms with van der Waals surface area (Å²) in [6, 6.07) is 7.69. The maximum atomic E-state index is 13.7. The van der Waals surface area contributed by atoms with Gasteiger partial charge in [0, 0.05) is 20.7 Å². The van der Waals surface area contributed by atoms with Gasteiger partial charge in [-0.1, -0.05) is 15.9 Å². The normalized spacial score (nSPS) is 11.4. The highest BCUT2D eigenvalue weighted by atomic mass is 79.9. The van der Waals surface area contributed by atoms with Gasteiger partial charge in [-0.2, -0.15) is 0 Å². The fraction of sp³-hybridized carbons (Fsp3) is 0. The summed E-state index contributed by atoms with van der Waals surface area (Å²) in [4.78, 5) is -0.637. The van der Waals surface area contributed by atoms with Crippen LogP contribution in [0.4, 0.5) is 14.5 Å². The van der Waals surface area contributed by atoms with Crippen LogP contribution < -0.4 is 4.72 Å². The highest BCUT2D eigenvalue weighted by Gasteiger charge is 2.23. The number of rotatable bonds is 3. The molecule has 8 heteroatoms. The van der Waals surface area contributed by atoms with Gasteiger partial charge in [-0.3, -0.25) is 4.72 Å². The van der Waals surface area contributed by atoms with Crippen LogP contribution in [0.3, 0.4) is 0 Å². The Morgan fingerprint density at radius 3 is 2.15 bits per heavy atom. The number of benzene rings is 2. The topological polar surface area (TPSA) is 46.2 Å². The van der Waals surface area contributed by atoms with Crippen molar-refractivity contribution in [1.82, 2.24) is 0 Å². The van der Waals surface area contributed by atoms with E-state index in [2.05, 4.69) is 36.6 Å². The van der Waals surface area contributed by atoms with Gasteiger partial charge in [-0.15, -0.1) is 0 Å². The van der Waals surface area contributed by atoms with Gasteiger partial charge in [-0.05, 0) is 46.3 Å². The van der Waals surface area contributed by atoms with Crippen LogP contribution in [0.1, 0.15) is 0 Å². The third kappa shape index (κ3) is 3.36. The van der Waals surface area contributed by atoms with E-state index in [1.54, 1.807) is 12.1 Å². The number of hydrogen-bond acceptors (Lipinski definition) is 2. The zero-order valence-corrected chi connectivity index (χ0v) is 13.7. The van der Waals surface area contributed by atoms with Gasteiger partial charge in [0.1, 0.15) is 16.5 Å². The van der Waals surface area contributed by atoms with E-state index in [4.69, 9.17) is 0 Å². The lowest BCUT2D eigenvalue weighted by atomic mass is 10.3. The minimum absolute atomic E-state index is 0.181. The summed E-state index contributed by atoms with van der Waals surface area (Å²) in [7, 11) is -4.16. The summed E-state index contributed by atoms with van der Waals surface area (Å²) in [6.45, 7) is 0. The second kappa shape index (κ2) is 5.79. The number of hydrogen-bond donors (Lipinski definition) is 1. The molecule has 0 aromatic heterocycles. The van der Waals surface area contributed by atoms with E-state index in [1.165, 1.54) is 12.1 Å². The summed E-state index contributed by atoms with van der Waals surface area (Å²) < 4.78 is 53.7. The van der Waals surface area contributed by atoms with Crippen molar-refractivity contribution in [2.75, 3.05) is 4.72 Å². The number of halogens is 4. The lowest BCUT2D eigenvalue weighted by Gasteiger charge is -2.10. The largest absolute Gasteiger partial charge is 0.280 e. The molecule has 0 fully saturated rings.